The van der Waals surface area contributed by atoms with Gasteiger partial charge in [-0.15, -0.1) is 24.8 Å². The van der Waals surface area contributed by atoms with Crippen LogP contribution in [0.1, 0.15) is 30.0 Å². The molecule has 0 saturated carbocycles. The van der Waals surface area contributed by atoms with E-state index in [2.05, 4.69) is 65.6 Å². The lowest BCUT2D eigenvalue weighted by molar-refractivity contribution is -0.137. The highest BCUT2D eigenvalue weighted by Crippen LogP contribution is 2.52. The van der Waals surface area contributed by atoms with Crippen LogP contribution in [-0.2, 0) is 21.4 Å². The van der Waals surface area contributed by atoms with Crippen LogP contribution in [0.3, 0.4) is 0 Å². The van der Waals surface area contributed by atoms with Crippen LogP contribution in [-0.4, -0.2) is 23.0 Å². The summed E-state index contributed by atoms with van der Waals surface area (Å²) in [6.07, 6.45) is 8.76. The molecule has 0 bridgehead atoms. The lowest BCUT2D eigenvalue weighted by Crippen LogP contribution is -2.27. The minimum atomic E-state index is -0.291. The zero-order chi connectivity index (χ0) is 19.4. The van der Waals surface area contributed by atoms with Gasteiger partial charge in [0.15, 0.2) is 0 Å². The van der Waals surface area contributed by atoms with Crippen LogP contribution < -0.4 is 0 Å². The smallest absolute Gasteiger partial charge is 0.330 e. The molecule has 0 spiro atoms. The SMILES string of the molecule is CCOC(=O)C=CCC1(Cc2ccncc2)c2ccccc2-c2ccccc21.Cl.Cl.O. The summed E-state index contributed by atoms with van der Waals surface area (Å²) < 4.78 is 5.06. The maximum Gasteiger partial charge on any atom is 0.330 e. The van der Waals surface area contributed by atoms with Crippen LogP contribution in [0, 0.1) is 0 Å². The zero-order valence-corrected chi connectivity index (χ0v) is 18.9. The minimum absolute atomic E-state index is 0. The van der Waals surface area contributed by atoms with E-state index in [9.17, 15) is 4.79 Å². The third kappa shape index (κ3) is 5.16. The molecule has 31 heavy (non-hydrogen) atoms. The van der Waals surface area contributed by atoms with Gasteiger partial charge in [-0.05, 0) is 59.7 Å². The van der Waals surface area contributed by atoms with Gasteiger partial charge in [-0.25, -0.2) is 4.79 Å². The molecular weight excluding hydrogens is 433 g/mol. The van der Waals surface area contributed by atoms with Crippen LogP contribution in [0.4, 0.5) is 0 Å². The summed E-state index contributed by atoms with van der Waals surface area (Å²) in [4.78, 5) is 16.0. The number of esters is 1. The summed E-state index contributed by atoms with van der Waals surface area (Å²) >= 11 is 0. The average molecular weight is 460 g/mol. The molecule has 0 saturated heterocycles. The molecule has 3 aromatic rings. The van der Waals surface area contributed by atoms with E-state index in [0.717, 1.165) is 12.8 Å². The maximum atomic E-state index is 11.9. The number of ether oxygens (including phenoxy) is 1. The normalized spacial score (nSPS) is 12.5. The van der Waals surface area contributed by atoms with Gasteiger partial charge in [0, 0.05) is 23.9 Å². The van der Waals surface area contributed by atoms with Gasteiger partial charge in [-0.1, -0.05) is 54.6 Å². The summed E-state index contributed by atoms with van der Waals surface area (Å²) in [5.41, 5.74) is 6.17. The molecule has 2 aromatic carbocycles. The molecule has 1 aromatic heterocycles. The fourth-order valence-electron chi connectivity index (χ4n) is 4.29. The van der Waals surface area contributed by atoms with Crippen molar-refractivity contribution in [3.05, 3.63) is 102 Å². The topological polar surface area (TPSA) is 70.7 Å². The number of rotatable bonds is 6. The van der Waals surface area contributed by atoms with E-state index in [1.165, 1.54) is 27.8 Å². The molecule has 0 atom stereocenters. The number of aromatic nitrogens is 1. The molecule has 0 fully saturated rings. The number of allylic oxidation sites excluding steroid dienone is 1. The van der Waals surface area contributed by atoms with E-state index in [-0.39, 0.29) is 41.7 Å². The van der Waals surface area contributed by atoms with Gasteiger partial charge < -0.3 is 10.2 Å². The van der Waals surface area contributed by atoms with Gasteiger partial charge >= 0.3 is 5.97 Å². The number of hydrogen-bond acceptors (Lipinski definition) is 3. The van der Waals surface area contributed by atoms with Crippen molar-refractivity contribution in [1.29, 1.82) is 0 Å². The van der Waals surface area contributed by atoms with Crippen LogP contribution in [0.5, 0.6) is 0 Å². The molecule has 4 nitrogen and oxygen atoms in total. The van der Waals surface area contributed by atoms with Gasteiger partial charge in [0.1, 0.15) is 0 Å². The summed E-state index contributed by atoms with van der Waals surface area (Å²) in [5, 5.41) is 0. The number of halogens is 2. The Kier molecular flexibility index (Phi) is 9.92. The maximum absolute atomic E-state index is 11.9. The Morgan fingerprint density at radius 3 is 2.03 bits per heavy atom. The van der Waals surface area contributed by atoms with Crippen molar-refractivity contribution in [2.75, 3.05) is 6.61 Å². The molecule has 1 heterocycles. The van der Waals surface area contributed by atoms with Crippen molar-refractivity contribution in [3.63, 3.8) is 0 Å². The van der Waals surface area contributed by atoms with Gasteiger partial charge in [-0.3, -0.25) is 4.98 Å². The van der Waals surface area contributed by atoms with E-state index < -0.39 is 0 Å². The number of pyridine rings is 1. The van der Waals surface area contributed by atoms with Crippen molar-refractivity contribution in [2.45, 2.75) is 25.2 Å². The Morgan fingerprint density at radius 1 is 0.935 bits per heavy atom. The molecule has 4 rings (SSSR count). The largest absolute Gasteiger partial charge is 0.463 e. The highest BCUT2D eigenvalue weighted by molar-refractivity contribution is 5.86. The molecular formula is C25H27Cl2NO3. The predicted molar refractivity (Wildman–Crippen MR) is 129 cm³/mol. The van der Waals surface area contributed by atoms with E-state index in [1.54, 1.807) is 6.08 Å². The van der Waals surface area contributed by atoms with Gasteiger partial charge in [0.05, 0.1) is 6.61 Å². The Bertz CT molecular complexity index is 977. The number of nitrogens with zero attached hydrogens (tertiary/aromatic N) is 1. The number of carbonyl (C=O) groups is 1. The molecule has 0 aliphatic heterocycles. The Balaban J connectivity index is 0.00000160. The van der Waals surface area contributed by atoms with Crippen LogP contribution >= 0.6 is 24.8 Å². The Morgan fingerprint density at radius 2 is 1.48 bits per heavy atom. The molecule has 2 N–H and O–H groups in total. The van der Waals surface area contributed by atoms with E-state index in [1.807, 2.05) is 25.4 Å². The van der Waals surface area contributed by atoms with E-state index >= 15 is 0 Å². The molecule has 164 valence electrons. The van der Waals surface area contributed by atoms with Crippen molar-refractivity contribution in [2.24, 2.45) is 0 Å². The first-order valence-corrected chi connectivity index (χ1v) is 9.66. The predicted octanol–water partition coefficient (Wildman–Crippen LogP) is 5.12. The van der Waals surface area contributed by atoms with Crippen molar-refractivity contribution >= 4 is 30.8 Å². The molecule has 0 radical (unpaired) electrons. The standard InChI is InChI=1S/C25H23NO2.2ClH.H2O/c1-2-28-24(27)12-7-15-25(18-19-13-16-26-17-14-19)22-10-5-3-8-20(22)21-9-4-6-11-23(21)25;;;/h3-14,16-17H,2,15,18H2,1H3;2*1H;1H2. The monoisotopic (exact) mass is 459 g/mol. The fraction of sp³-hybridized carbons (Fsp3) is 0.200. The van der Waals surface area contributed by atoms with Gasteiger partial charge in [0.25, 0.3) is 0 Å². The molecule has 6 heteroatoms. The van der Waals surface area contributed by atoms with Gasteiger partial charge in [0.2, 0.25) is 0 Å². The molecule has 1 aliphatic carbocycles. The second-order valence-electron chi connectivity index (χ2n) is 7.06. The lowest BCUT2D eigenvalue weighted by atomic mass is 9.71. The highest BCUT2D eigenvalue weighted by atomic mass is 35.5. The summed E-state index contributed by atoms with van der Waals surface area (Å²) in [6, 6.07) is 21.3. The fourth-order valence-corrected chi connectivity index (χ4v) is 4.29. The molecule has 1 aliphatic rings. The second kappa shape index (κ2) is 11.7. The third-order valence-corrected chi connectivity index (χ3v) is 5.44. The van der Waals surface area contributed by atoms with Crippen molar-refractivity contribution in [3.8, 4) is 11.1 Å². The molecule has 0 amide bonds. The average Bonchev–Trinajstić information content (AvgIpc) is 3.00. The number of carbonyl (C=O) groups excluding carboxylic acids is 1. The first-order chi connectivity index (χ1) is 13.7. The van der Waals surface area contributed by atoms with E-state index in [4.69, 9.17) is 4.74 Å². The highest BCUT2D eigenvalue weighted by Gasteiger charge is 2.42. The second-order valence-corrected chi connectivity index (χ2v) is 7.06. The summed E-state index contributed by atoms with van der Waals surface area (Å²) in [5.74, 6) is -0.291. The zero-order valence-electron chi connectivity index (χ0n) is 17.3. The first-order valence-electron chi connectivity index (χ1n) is 9.66. The first kappa shape index (κ1) is 26.4. The number of fused-ring (bicyclic) bond motifs is 3. The molecule has 0 unspecified atom stereocenters. The summed E-state index contributed by atoms with van der Waals surface area (Å²) in [7, 11) is 0. The van der Waals surface area contributed by atoms with Gasteiger partial charge in [-0.2, -0.15) is 0 Å². The minimum Gasteiger partial charge on any atom is -0.463 e. The Labute approximate surface area is 195 Å². The van der Waals surface area contributed by atoms with Crippen LogP contribution in [0.2, 0.25) is 0 Å². The quantitative estimate of drug-likeness (QED) is 0.379. The number of benzene rings is 2. The Hall–Kier alpha value is -2.66. The third-order valence-electron chi connectivity index (χ3n) is 5.44. The van der Waals surface area contributed by atoms with Crippen LogP contribution in [0.25, 0.3) is 11.1 Å². The van der Waals surface area contributed by atoms with Crippen LogP contribution in [0.15, 0.2) is 85.2 Å². The lowest BCUT2D eigenvalue weighted by Gasteiger charge is -2.31. The van der Waals surface area contributed by atoms with Crippen molar-refractivity contribution in [1.82, 2.24) is 4.98 Å². The summed E-state index contributed by atoms with van der Waals surface area (Å²) in [6.45, 7) is 2.21. The number of hydrogen-bond donors (Lipinski definition) is 0. The van der Waals surface area contributed by atoms with E-state index in [0.29, 0.717) is 6.61 Å². The van der Waals surface area contributed by atoms with Crippen molar-refractivity contribution < 1.29 is 15.0 Å².